The van der Waals surface area contributed by atoms with Crippen molar-refractivity contribution in [3.63, 3.8) is 0 Å². The van der Waals surface area contributed by atoms with Gasteiger partial charge in [0.1, 0.15) is 23.9 Å². The zero-order valence-electron chi connectivity index (χ0n) is 20.0. The maximum atomic E-state index is 14.1. The number of methoxy groups -OCH3 is 1. The summed E-state index contributed by atoms with van der Waals surface area (Å²) in [5.74, 6) is -2.77. The maximum Gasteiger partial charge on any atom is 0.339 e. The Balaban J connectivity index is 1.51. The third kappa shape index (κ3) is 3.89. The van der Waals surface area contributed by atoms with Crippen molar-refractivity contribution in [3.8, 4) is 5.75 Å². The molecule has 2 aromatic carbocycles. The van der Waals surface area contributed by atoms with Gasteiger partial charge in [0.05, 0.1) is 24.5 Å². The van der Waals surface area contributed by atoms with Crippen molar-refractivity contribution in [2.24, 2.45) is 0 Å². The van der Waals surface area contributed by atoms with Crippen molar-refractivity contribution in [3.05, 3.63) is 101 Å². The molecule has 1 aliphatic carbocycles. The van der Waals surface area contributed by atoms with E-state index < -0.39 is 35.2 Å². The molecule has 0 saturated carbocycles. The van der Waals surface area contributed by atoms with Gasteiger partial charge >= 0.3 is 5.97 Å². The van der Waals surface area contributed by atoms with Crippen LogP contribution in [0.1, 0.15) is 32.9 Å². The van der Waals surface area contributed by atoms with Crippen LogP contribution in [0.15, 0.2) is 60.8 Å². The minimum Gasteiger partial charge on any atom is -0.485 e. The lowest BCUT2D eigenvalue weighted by atomic mass is 9.89. The van der Waals surface area contributed by atoms with Gasteiger partial charge in [-0.2, -0.15) is 0 Å². The zero-order chi connectivity index (χ0) is 26.3. The summed E-state index contributed by atoms with van der Waals surface area (Å²) >= 11 is 0. The van der Waals surface area contributed by atoms with E-state index in [0.717, 1.165) is 12.1 Å². The predicted molar refractivity (Wildman–Crippen MR) is 128 cm³/mol. The van der Waals surface area contributed by atoms with Gasteiger partial charge in [0.2, 0.25) is 0 Å². The first-order chi connectivity index (χ1) is 17.8. The number of aryl methyl sites for hydroxylation is 1. The van der Waals surface area contributed by atoms with E-state index in [-0.39, 0.29) is 35.7 Å². The number of aliphatic hydroxyl groups is 1. The Kier molecular flexibility index (Phi) is 6.12. The molecule has 37 heavy (non-hydrogen) atoms. The number of pyridine rings is 1. The highest BCUT2D eigenvalue weighted by atomic mass is 19.1. The molecule has 0 saturated heterocycles. The number of hydrogen-bond acceptors (Lipinski definition) is 6. The average Bonchev–Trinajstić information content (AvgIpc) is 3.37. The lowest BCUT2D eigenvalue weighted by molar-refractivity contribution is -0.153. The van der Waals surface area contributed by atoms with Gasteiger partial charge < -0.3 is 19.9 Å². The van der Waals surface area contributed by atoms with Crippen molar-refractivity contribution in [2.45, 2.75) is 31.6 Å². The van der Waals surface area contributed by atoms with Crippen LogP contribution < -0.4 is 10.1 Å². The topological polar surface area (TPSA) is 102 Å². The molecule has 0 radical (unpaired) electrons. The number of rotatable bonds is 6. The number of aromatic nitrogens is 2. The fourth-order valence-electron chi connectivity index (χ4n) is 4.83. The SMILES string of the molecule is COC(=O)[C@@]1(NC(=O)c2c(C)nc3c(OCc4c(F)cccc4F)cccn23)c2ccccc2C[C@H]1O. The monoisotopic (exact) mass is 507 g/mol. The van der Waals surface area contributed by atoms with E-state index in [0.29, 0.717) is 16.8 Å². The smallest absolute Gasteiger partial charge is 0.339 e. The first-order valence-electron chi connectivity index (χ1n) is 11.5. The number of ether oxygens (including phenoxy) is 2. The van der Waals surface area contributed by atoms with Crippen LogP contribution in [0.2, 0.25) is 0 Å². The summed E-state index contributed by atoms with van der Waals surface area (Å²) in [5.41, 5.74) is -0.239. The molecule has 190 valence electrons. The lowest BCUT2D eigenvalue weighted by Gasteiger charge is -2.31. The van der Waals surface area contributed by atoms with Crippen LogP contribution in [0.5, 0.6) is 5.75 Å². The predicted octanol–water partition coefficient (Wildman–Crippen LogP) is 3.22. The largest absolute Gasteiger partial charge is 0.485 e. The van der Waals surface area contributed by atoms with Crippen LogP contribution in [0.4, 0.5) is 8.78 Å². The third-order valence-corrected chi connectivity index (χ3v) is 6.61. The first-order valence-corrected chi connectivity index (χ1v) is 11.5. The number of halogens is 2. The fraction of sp³-hybridized carbons (Fsp3) is 0.222. The number of aliphatic hydroxyl groups excluding tert-OH is 1. The molecule has 1 amide bonds. The molecule has 0 fully saturated rings. The summed E-state index contributed by atoms with van der Waals surface area (Å²) < 4.78 is 40.2. The maximum absolute atomic E-state index is 14.1. The quantitative estimate of drug-likeness (QED) is 0.389. The van der Waals surface area contributed by atoms with Gasteiger partial charge in [0.15, 0.2) is 16.9 Å². The molecule has 0 unspecified atom stereocenters. The Morgan fingerprint density at radius 1 is 1.14 bits per heavy atom. The van der Waals surface area contributed by atoms with Crippen molar-refractivity contribution >= 4 is 17.5 Å². The number of imidazole rings is 1. The van der Waals surface area contributed by atoms with Crippen molar-refractivity contribution < 1.29 is 33.0 Å². The average molecular weight is 507 g/mol. The van der Waals surface area contributed by atoms with Gasteiger partial charge in [-0.1, -0.05) is 30.3 Å². The number of carbonyl (C=O) groups is 2. The molecule has 0 aliphatic heterocycles. The van der Waals surface area contributed by atoms with Crippen LogP contribution in [-0.2, 0) is 28.1 Å². The number of hydrogen-bond donors (Lipinski definition) is 2. The van der Waals surface area contributed by atoms with Crippen LogP contribution >= 0.6 is 0 Å². The number of benzene rings is 2. The van der Waals surface area contributed by atoms with Crippen LogP contribution in [0.3, 0.4) is 0 Å². The minimum absolute atomic E-state index is 0.0948. The van der Waals surface area contributed by atoms with Gasteiger partial charge in [-0.05, 0) is 42.3 Å². The second kappa shape index (κ2) is 9.29. The first kappa shape index (κ1) is 24.4. The summed E-state index contributed by atoms with van der Waals surface area (Å²) in [6.45, 7) is 1.21. The summed E-state index contributed by atoms with van der Waals surface area (Å²) in [6, 6.07) is 13.6. The molecule has 5 rings (SSSR count). The number of carbonyl (C=O) groups excluding carboxylic acids is 2. The highest BCUT2D eigenvalue weighted by Gasteiger charge is 2.54. The van der Waals surface area contributed by atoms with E-state index in [1.807, 2.05) is 0 Å². The van der Waals surface area contributed by atoms with Gasteiger partial charge in [0.25, 0.3) is 5.91 Å². The standard InChI is InChI=1S/C27H23F2N3O5/c1-15-23(25(34)31-27(26(35)36-2)18-8-4-3-7-16(18)13-22(27)33)32-12-6-11-21(24(32)30-15)37-14-17-19(28)9-5-10-20(17)29/h3-12,22,33H,13-14H2,1-2H3,(H,31,34)/t22-,27-/m1/s1. The molecule has 2 N–H and O–H groups in total. The second-order valence-electron chi connectivity index (χ2n) is 8.73. The van der Waals surface area contributed by atoms with Gasteiger partial charge in [-0.3, -0.25) is 9.20 Å². The van der Waals surface area contributed by atoms with E-state index in [1.165, 1.54) is 17.6 Å². The molecule has 2 aromatic heterocycles. The molecule has 2 heterocycles. The van der Waals surface area contributed by atoms with Crippen LogP contribution in [0.25, 0.3) is 5.65 Å². The third-order valence-electron chi connectivity index (χ3n) is 6.61. The Hall–Kier alpha value is -4.31. The van der Waals surface area contributed by atoms with E-state index in [1.54, 1.807) is 49.5 Å². The van der Waals surface area contributed by atoms with E-state index >= 15 is 0 Å². The zero-order valence-corrected chi connectivity index (χ0v) is 20.0. The molecule has 4 aromatic rings. The Morgan fingerprint density at radius 2 is 1.86 bits per heavy atom. The minimum atomic E-state index is -1.81. The molecule has 10 heteroatoms. The van der Waals surface area contributed by atoms with Gasteiger partial charge in [-0.25, -0.2) is 18.6 Å². The highest BCUT2D eigenvalue weighted by molar-refractivity contribution is 6.00. The fourth-order valence-corrected chi connectivity index (χ4v) is 4.83. The molecule has 0 spiro atoms. The van der Waals surface area contributed by atoms with Crippen molar-refractivity contribution in [1.82, 2.24) is 14.7 Å². The van der Waals surface area contributed by atoms with E-state index in [4.69, 9.17) is 9.47 Å². The van der Waals surface area contributed by atoms with Crippen molar-refractivity contribution in [1.29, 1.82) is 0 Å². The number of esters is 1. The van der Waals surface area contributed by atoms with Gasteiger partial charge in [0, 0.05) is 12.6 Å². The summed E-state index contributed by atoms with van der Waals surface area (Å²) in [7, 11) is 1.19. The van der Waals surface area contributed by atoms with E-state index in [2.05, 4.69) is 10.3 Å². The van der Waals surface area contributed by atoms with Crippen molar-refractivity contribution in [2.75, 3.05) is 7.11 Å². The number of nitrogens with one attached hydrogen (secondary N) is 1. The highest BCUT2D eigenvalue weighted by Crippen LogP contribution is 2.39. The molecule has 0 bridgehead atoms. The summed E-state index contributed by atoms with van der Waals surface area (Å²) in [5, 5.41) is 13.7. The molecule has 8 nitrogen and oxygen atoms in total. The Morgan fingerprint density at radius 3 is 2.59 bits per heavy atom. The summed E-state index contributed by atoms with van der Waals surface area (Å²) in [6.07, 6.45) is 0.475. The Labute approximate surface area is 210 Å². The molecule has 1 aliphatic rings. The van der Waals surface area contributed by atoms with Gasteiger partial charge in [-0.15, -0.1) is 0 Å². The van der Waals surface area contributed by atoms with E-state index in [9.17, 15) is 23.5 Å². The number of nitrogens with zero attached hydrogens (tertiary/aromatic N) is 2. The van der Waals surface area contributed by atoms with Crippen LogP contribution in [0, 0.1) is 18.6 Å². The lowest BCUT2D eigenvalue weighted by Crippen LogP contribution is -2.58. The Bertz CT molecular complexity index is 1520. The normalized spacial score (nSPS) is 18.5. The molecular weight excluding hydrogens is 484 g/mol. The second-order valence-corrected chi connectivity index (χ2v) is 8.73. The number of amides is 1. The molecular formula is C27H23F2N3O5. The molecule has 2 atom stereocenters. The number of fused-ring (bicyclic) bond motifs is 2. The van der Waals surface area contributed by atoms with Crippen LogP contribution in [-0.4, -0.2) is 39.6 Å². The summed E-state index contributed by atoms with van der Waals surface area (Å²) in [4.78, 5) is 31.0.